The van der Waals surface area contributed by atoms with Crippen LogP contribution in [-0.2, 0) is 11.7 Å². The van der Waals surface area contributed by atoms with Crippen LogP contribution >= 0.6 is 0 Å². The van der Waals surface area contributed by atoms with Gasteiger partial charge in [0.05, 0.1) is 24.1 Å². The molecular formula is C23H23F3N8O. The number of anilines is 2. The number of aromatic nitrogens is 7. The number of ether oxygens (including phenoxy) is 1. The van der Waals surface area contributed by atoms with Gasteiger partial charge < -0.3 is 10.1 Å². The van der Waals surface area contributed by atoms with E-state index in [0.29, 0.717) is 11.5 Å². The van der Waals surface area contributed by atoms with Crippen LogP contribution < -0.4 is 10.1 Å². The molecule has 5 rings (SSSR count). The summed E-state index contributed by atoms with van der Waals surface area (Å²) < 4.78 is 48.2. The number of benzene rings is 1. The number of nitrogens with one attached hydrogen (secondary N) is 1. The Bertz CT molecular complexity index is 1330. The molecule has 1 aromatic carbocycles. The fourth-order valence-electron chi connectivity index (χ4n) is 3.52. The SMILES string of the molecule is Cc1ccc(Oc2nc(Nc3cc(C(C)(C)n4nccn4)nn3C3CC3)ncc2C(F)(F)F)cc1. The Kier molecular flexibility index (Phi) is 5.45. The second-order valence-corrected chi connectivity index (χ2v) is 8.92. The van der Waals surface area contributed by atoms with Crippen LogP contribution in [0, 0.1) is 6.92 Å². The molecule has 182 valence electrons. The molecule has 1 fully saturated rings. The first-order valence-electron chi connectivity index (χ1n) is 11.0. The standard InChI is InChI=1S/C23H23F3N8O/c1-14-4-8-16(9-5-14)35-20-17(23(24,25)26)13-27-21(31-20)30-19-12-18(32-33(19)15-6-7-15)22(2,3)34-28-10-11-29-34/h4-5,8-13,15H,6-7H2,1-3H3,(H,27,30,31). The zero-order chi connectivity index (χ0) is 24.8. The van der Waals surface area contributed by atoms with Crippen LogP contribution in [-0.4, -0.2) is 34.7 Å². The van der Waals surface area contributed by atoms with Crippen LogP contribution in [0.2, 0.25) is 0 Å². The minimum atomic E-state index is -4.68. The summed E-state index contributed by atoms with van der Waals surface area (Å²) in [6.07, 6.45) is 1.12. The summed E-state index contributed by atoms with van der Waals surface area (Å²) in [5.74, 6) is 0.175. The van der Waals surface area contributed by atoms with Crippen molar-refractivity contribution < 1.29 is 17.9 Å². The van der Waals surface area contributed by atoms with Gasteiger partial charge in [-0.15, -0.1) is 0 Å². The van der Waals surface area contributed by atoms with E-state index in [1.807, 2.05) is 31.5 Å². The molecule has 0 radical (unpaired) electrons. The number of nitrogens with zero attached hydrogens (tertiary/aromatic N) is 7. The molecule has 0 spiro atoms. The molecule has 0 aliphatic heterocycles. The molecule has 1 aliphatic rings. The van der Waals surface area contributed by atoms with Crippen molar-refractivity contribution in [3.8, 4) is 11.6 Å². The highest BCUT2D eigenvalue weighted by Crippen LogP contribution is 2.40. The van der Waals surface area contributed by atoms with Crippen LogP contribution in [0.3, 0.4) is 0 Å². The second-order valence-electron chi connectivity index (χ2n) is 8.92. The van der Waals surface area contributed by atoms with Gasteiger partial charge in [-0.1, -0.05) is 17.7 Å². The van der Waals surface area contributed by atoms with E-state index in [-0.39, 0.29) is 17.7 Å². The van der Waals surface area contributed by atoms with Crippen molar-refractivity contribution in [3.05, 3.63) is 65.7 Å². The lowest BCUT2D eigenvalue weighted by molar-refractivity contribution is -0.139. The van der Waals surface area contributed by atoms with E-state index in [1.54, 1.807) is 41.5 Å². The van der Waals surface area contributed by atoms with Crippen molar-refractivity contribution in [3.63, 3.8) is 0 Å². The van der Waals surface area contributed by atoms with Gasteiger partial charge in [-0.25, -0.2) is 9.67 Å². The summed E-state index contributed by atoms with van der Waals surface area (Å²) in [4.78, 5) is 9.52. The fraction of sp³-hybridized carbons (Fsp3) is 0.348. The third-order valence-electron chi connectivity index (χ3n) is 5.71. The van der Waals surface area contributed by atoms with E-state index in [0.717, 1.165) is 24.6 Å². The van der Waals surface area contributed by atoms with Crippen molar-refractivity contribution in [1.29, 1.82) is 0 Å². The second kappa shape index (κ2) is 8.36. The third kappa shape index (κ3) is 4.68. The van der Waals surface area contributed by atoms with Crippen LogP contribution in [0.4, 0.5) is 24.9 Å². The Labute approximate surface area is 199 Å². The number of aryl methyl sites for hydroxylation is 1. The topological polar surface area (TPSA) is 95.6 Å². The highest BCUT2D eigenvalue weighted by molar-refractivity contribution is 5.52. The molecule has 35 heavy (non-hydrogen) atoms. The molecular weight excluding hydrogens is 461 g/mol. The van der Waals surface area contributed by atoms with E-state index in [1.165, 1.54) is 0 Å². The molecule has 1 aliphatic carbocycles. The average molecular weight is 484 g/mol. The first kappa shape index (κ1) is 22.8. The fourth-order valence-corrected chi connectivity index (χ4v) is 3.52. The number of hydrogen-bond donors (Lipinski definition) is 1. The summed E-state index contributed by atoms with van der Waals surface area (Å²) in [5, 5.41) is 16.2. The maximum atomic E-state index is 13.6. The molecule has 0 atom stereocenters. The molecule has 1 saturated carbocycles. The number of alkyl halides is 3. The highest BCUT2D eigenvalue weighted by atomic mass is 19.4. The van der Waals surface area contributed by atoms with E-state index in [9.17, 15) is 13.2 Å². The lowest BCUT2D eigenvalue weighted by Gasteiger charge is -2.20. The number of hydrogen-bond acceptors (Lipinski definition) is 7. The number of halogens is 3. The van der Waals surface area contributed by atoms with Gasteiger partial charge in [0, 0.05) is 12.3 Å². The molecule has 0 unspecified atom stereocenters. The highest BCUT2D eigenvalue weighted by Gasteiger charge is 2.37. The van der Waals surface area contributed by atoms with Crippen LogP contribution in [0.15, 0.2) is 48.9 Å². The monoisotopic (exact) mass is 484 g/mol. The molecule has 1 N–H and O–H groups in total. The van der Waals surface area contributed by atoms with Gasteiger partial charge in [0.2, 0.25) is 11.8 Å². The van der Waals surface area contributed by atoms with E-state index >= 15 is 0 Å². The minimum Gasteiger partial charge on any atom is -0.438 e. The lowest BCUT2D eigenvalue weighted by atomic mass is 10.0. The van der Waals surface area contributed by atoms with Crippen molar-refractivity contribution in [2.24, 2.45) is 0 Å². The van der Waals surface area contributed by atoms with Crippen LogP contribution in [0.25, 0.3) is 0 Å². The predicted molar refractivity (Wildman–Crippen MR) is 121 cm³/mol. The molecule has 12 heteroatoms. The van der Waals surface area contributed by atoms with Crippen LogP contribution in [0.5, 0.6) is 11.6 Å². The van der Waals surface area contributed by atoms with Crippen molar-refractivity contribution in [2.75, 3.05) is 5.32 Å². The zero-order valence-electron chi connectivity index (χ0n) is 19.3. The third-order valence-corrected chi connectivity index (χ3v) is 5.71. The molecule has 3 aromatic heterocycles. The first-order valence-corrected chi connectivity index (χ1v) is 11.0. The van der Waals surface area contributed by atoms with Crippen molar-refractivity contribution in [1.82, 2.24) is 34.7 Å². The summed E-state index contributed by atoms with van der Waals surface area (Å²) in [5.41, 5.74) is -0.0753. The smallest absolute Gasteiger partial charge is 0.423 e. The molecule has 0 saturated heterocycles. The normalized spacial score (nSPS) is 14.2. The molecule has 9 nitrogen and oxygen atoms in total. The maximum Gasteiger partial charge on any atom is 0.423 e. The number of rotatable bonds is 7. The van der Waals surface area contributed by atoms with E-state index < -0.39 is 23.2 Å². The summed E-state index contributed by atoms with van der Waals surface area (Å²) in [7, 11) is 0. The largest absolute Gasteiger partial charge is 0.438 e. The molecule has 0 amide bonds. The lowest BCUT2D eigenvalue weighted by Crippen LogP contribution is -2.30. The minimum absolute atomic E-state index is 0.0384. The van der Waals surface area contributed by atoms with Gasteiger partial charge in [0.25, 0.3) is 0 Å². The molecule has 3 heterocycles. The van der Waals surface area contributed by atoms with Crippen LogP contribution in [0.1, 0.15) is 49.6 Å². The van der Waals surface area contributed by atoms with E-state index in [2.05, 4.69) is 25.5 Å². The quantitative estimate of drug-likeness (QED) is 0.383. The van der Waals surface area contributed by atoms with Gasteiger partial charge in [-0.05, 0) is 45.7 Å². The molecule has 4 aromatic rings. The summed E-state index contributed by atoms with van der Waals surface area (Å²) >= 11 is 0. The van der Waals surface area contributed by atoms with Crippen molar-refractivity contribution >= 4 is 11.8 Å². The van der Waals surface area contributed by atoms with Gasteiger partial charge in [-0.2, -0.15) is 38.2 Å². The van der Waals surface area contributed by atoms with Gasteiger partial charge >= 0.3 is 6.18 Å². The van der Waals surface area contributed by atoms with Gasteiger partial charge in [-0.3, -0.25) is 0 Å². The Morgan fingerprint density at radius 2 is 1.74 bits per heavy atom. The van der Waals surface area contributed by atoms with Crippen molar-refractivity contribution in [2.45, 2.75) is 51.4 Å². The Balaban J connectivity index is 1.49. The zero-order valence-corrected chi connectivity index (χ0v) is 19.3. The average Bonchev–Trinajstić information content (AvgIpc) is 3.30. The summed E-state index contributed by atoms with van der Waals surface area (Å²) in [6, 6.07) is 8.66. The molecule has 0 bridgehead atoms. The first-order chi connectivity index (χ1) is 16.6. The van der Waals surface area contributed by atoms with E-state index in [4.69, 9.17) is 9.84 Å². The summed E-state index contributed by atoms with van der Waals surface area (Å²) in [6.45, 7) is 5.73. The Morgan fingerprint density at radius 1 is 1.06 bits per heavy atom. The van der Waals surface area contributed by atoms with Gasteiger partial charge in [0.1, 0.15) is 22.7 Å². The Hall–Kier alpha value is -3.96. The maximum absolute atomic E-state index is 13.6. The Morgan fingerprint density at radius 3 is 2.37 bits per heavy atom. The predicted octanol–water partition coefficient (Wildman–Crippen LogP) is 5.25. The van der Waals surface area contributed by atoms with Gasteiger partial charge in [0.15, 0.2) is 0 Å².